The van der Waals surface area contributed by atoms with Crippen LogP contribution in [0.1, 0.15) is 50.7 Å². The van der Waals surface area contributed by atoms with Crippen LogP contribution in [0.3, 0.4) is 0 Å². The molecule has 0 aliphatic carbocycles. The largest absolute Gasteiger partial charge is 0.292 e. The quantitative estimate of drug-likeness (QED) is 0.187. The highest BCUT2D eigenvalue weighted by atomic mass is 15.1. The molecule has 0 saturated carbocycles. The number of para-hydroxylation sites is 3. The zero-order valence-electron chi connectivity index (χ0n) is 26.0. The Morgan fingerprint density at radius 3 is 1.58 bits per heavy atom. The number of hydrogen-bond acceptors (Lipinski definition) is 4. The first kappa shape index (κ1) is 28.4. The summed E-state index contributed by atoms with van der Waals surface area (Å²) in [7, 11) is 0. The second-order valence-electron chi connectivity index (χ2n) is 12.0. The number of fused-ring (bicyclic) bond motifs is 1. The summed E-state index contributed by atoms with van der Waals surface area (Å²) in [6.07, 6.45) is 0. The number of nitrogens with zero attached hydrogens (tertiary/aromatic N) is 5. The topological polar surface area (TPSA) is 56.5 Å². The minimum Gasteiger partial charge on any atom is -0.292 e. The van der Waals surface area contributed by atoms with Crippen molar-refractivity contribution in [1.82, 2.24) is 24.5 Å². The van der Waals surface area contributed by atoms with E-state index in [9.17, 15) is 0 Å². The summed E-state index contributed by atoms with van der Waals surface area (Å²) in [6.45, 7) is 8.99. The van der Waals surface area contributed by atoms with Crippen LogP contribution in [0.2, 0.25) is 0 Å². The van der Waals surface area contributed by atoms with Crippen molar-refractivity contribution in [1.29, 1.82) is 0 Å². The molecule has 2 aromatic heterocycles. The van der Waals surface area contributed by atoms with Gasteiger partial charge >= 0.3 is 0 Å². The smallest absolute Gasteiger partial charge is 0.166 e. The van der Waals surface area contributed by atoms with E-state index < -0.39 is 0 Å². The number of imidazole rings is 1. The summed E-state index contributed by atoms with van der Waals surface area (Å²) in [5, 5.41) is 0. The maximum Gasteiger partial charge on any atom is 0.166 e. The summed E-state index contributed by atoms with van der Waals surface area (Å²) in [5.74, 6) is 3.57. The third-order valence-corrected chi connectivity index (χ3v) is 8.22. The van der Waals surface area contributed by atoms with Crippen molar-refractivity contribution < 1.29 is 0 Å². The highest BCUT2D eigenvalue weighted by molar-refractivity contribution is 5.86. The van der Waals surface area contributed by atoms with Crippen LogP contribution in [-0.2, 0) is 0 Å². The number of rotatable bonds is 7. The summed E-state index contributed by atoms with van der Waals surface area (Å²) in [4.78, 5) is 20.3. The molecule has 0 spiro atoms. The van der Waals surface area contributed by atoms with Crippen LogP contribution < -0.4 is 0 Å². The van der Waals surface area contributed by atoms with Crippen LogP contribution in [-0.4, -0.2) is 24.5 Å². The molecule has 0 bridgehead atoms. The van der Waals surface area contributed by atoms with Crippen LogP contribution in [0.25, 0.3) is 62.3 Å². The molecule has 0 aliphatic heterocycles. The van der Waals surface area contributed by atoms with Crippen molar-refractivity contribution in [2.24, 2.45) is 0 Å². The molecular formula is C40H35N5. The molecule has 7 rings (SSSR count). The summed E-state index contributed by atoms with van der Waals surface area (Å²) in [6, 6.07) is 43.8. The standard InChI is InChI=1S/C40H35N5/c1-26(2)30-23-31(27(3)4)25-32(24-30)40-41-34-20-12-14-22-36(34)45(40)35-21-13-11-19-33(35)39-43-37(28-15-7-5-8-16-28)42-38(44-39)29-17-9-6-10-18-29/h5-27H,1-4H3. The fourth-order valence-corrected chi connectivity index (χ4v) is 5.72. The Labute approximate surface area is 264 Å². The van der Waals surface area contributed by atoms with E-state index in [4.69, 9.17) is 19.9 Å². The van der Waals surface area contributed by atoms with Gasteiger partial charge in [-0.25, -0.2) is 19.9 Å². The van der Waals surface area contributed by atoms with Gasteiger partial charge in [-0.15, -0.1) is 0 Å². The zero-order chi connectivity index (χ0) is 30.9. The Kier molecular flexibility index (Phi) is 7.52. The van der Waals surface area contributed by atoms with Crippen LogP contribution in [0, 0.1) is 0 Å². The average molecular weight is 586 g/mol. The molecule has 0 aliphatic rings. The van der Waals surface area contributed by atoms with Gasteiger partial charge in [-0.3, -0.25) is 4.57 Å². The van der Waals surface area contributed by atoms with Gasteiger partial charge in [0.25, 0.3) is 0 Å². The number of aromatic nitrogens is 5. The van der Waals surface area contributed by atoms with Crippen LogP contribution in [0.15, 0.2) is 127 Å². The predicted molar refractivity (Wildman–Crippen MR) is 184 cm³/mol. The maximum absolute atomic E-state index is 5.24. The molecule has 0 unspecified atom stereocenters. The molecule has 5 aromatic carbocycles. The Hall–Kier alpha value is -5.42. The highest BCUT2D eigenvalue weighted by Crippen LogP contribution is 2.36. The molecular weight excluding hydrogens is 550 g/mol. The lowest BCUT2D eigenvalue weighted by Crippen LogP contribution is -2.05. The lowest BCUT2D eigenvalue weighted by Gasteiger charge is -2.17. The third-order valence-electron chi connectivity index (χ3n) is 8.22. The van der Waals surface area contributed by atoms with Crippen molar-refractivity contribution in [3.05, 3.63) is 139 Å². The van der Waals surface area contributed by atoms with Crippen molar-refractivity contribution in [2.45, 2.75) is 39.5 Å². The van der Waals surface area contributed by atoms with E-state index in [1.165, 1.54) is 11.1 Å². The normalized spacial score (nSPS) is 11.5. The number of benzene rings is 5. The molecule has 220 valence electrons. The maximum atomic E-state index is 5.24. The van der Waals surface area contributed by atoms with Crippen LogP contribution in [0.4, 0.5) is 0 Å². The molecule has 5 heteroatoms. The summed E-state index contributed by atoms with van der Waals surface area (Å²) >= 11 is 0. The van der Waals surface area contributed by atoms with E-state index in [0.717, 1.165) is 44.8 Å². The molecule has 0 saturated heterocycles. The zero-order valence-corrected chi connectivity index (χ0v) is 26.0. The SMILES string of the molecule is CC(C)c1cc(-c2nc3ccccc3n2-c2ccccc2-c2nc(-c3ccccc3)nc(-c3ccccc3)n2)cc(C(C)C)c1. The Bertz CT molecular complexity index is 2030. The fourth-order valence-electron chi connectivity index (χ4n) is 5.72. The highest BCUT2D eigenvalue weighted by Gasteiger charge is 2.21. The third kappa shape index (κ3) is 5.53. The van der Waals surface area contributed by atoms with E-state index in [-0.39, 0.29) is 0 Å². The first-order valence-electron chi connectivity index (χ1n) is 15.6. The van der Waals surface area contributed by atoms with E-state index in [0.29, 0.717) is 29.3 Å². The lowest BCUT2D eigenvalue weighted by atomic mass is 9.93. The monoisotopic (exact) mass is 585 g/mol. The van der Waals surface area contributed by atoms with Gasteiger partial charge in [-0.2, -0.15) is 0 Å². The van der Waals surface area contributed by atoms with Crippen molar-refractivity contribution >= 4 is 11.0 Å². The second-order valence-corrected chi connectivity index (χ2v) is 12.0. The van der Waals surface area contributed by atoms with Gasteiger partial charge in [0.05, 0.1) is 16.7 Å². The first-order chi connectivity index (χ1) is 22.0. The summed E-state index contributed by atoms with van der Waals surface area (Å²) < 4.78 is 2.27. The van der Waals surface area contributed by atoms with Crippen molar-refractivity contribution in [2.75, 3.05) is 0 Å². The van der Waals surface area contributed by atoms with Crippen LogP contribution in [0.5, 0.6) is 0 Å². The molecule has 2 heterocycles. The van der Waals surface area contributed by atoms with Gasteiger partial charge in [0, 0.05) is 22.3 Å². The average Bonchev–Trinajstić information content (AvgIpc) is 3.48. The molecule has 7 aromatic rings. The van der Waals surface area contributed by atoms with E-state index >= 15 is 0 Å². The minimum absolute atomic E-state index is 0.394. The Morgan fingerprint density at radius 2 is 0.978 bits per heavy atom. The second kappa shape index (κ2) is 11.9. The van der Waals surface area contributed by atoms with Gasteiger partial charge in [0.15, 0.2) is 17.5 Å². The van der Waals surface area contributed by atoms with Gasteiger partial charge in [-0.1, -0.05) is 119 Å². The van der Waals surface area contributed by atoms with Crippen molar-refractivity contribution in [3.63, 3.8) is 0 Å². The van der Waals surface area contributed by atoms with Crippen LogP contribution >= 0.6 is 0 Å². The first-order valence-corrected chi connectivity index (χ1v) is 15.6. The fraction of sp³-hybridized carbons (Fsp3) is 0.150. The van der Waals surface area contributed by atoms with Crippen molar-refractivity contribution in [3.8, 4) is 51.2 Å². The predicted octanol–water partition coefficient (Wildman–Crippen LogP) is 10.1. The lowest BCUT2D eigenvalue weighted by molar-refractivity contribution is 0.834. The molecule has 45 heavy (non-hydrogen) atoms. The van der Waals surface area contributed by atoms with Gasteiger partial charge in [-0.05, 0) is 59.4 Å². The molecule has 0 N–H and O–H groups in total. The molecule has 0 amide bonds. The Balaban J connectivity index is 1.50. The molecule has 5 nitrogen and oxygen atoms in total. The van der Waals surface area contributed by atoms with E-state index in [2.05, 4.69) is 86.9 Å². The van der Waals surface area contributed by atoms with Gasteiger partial charge in [0.2, 0.25) is 0 Å². The molecule has 0 atom stereocenters. The van der Waals surface area contributed by atoms with Gasteiger partial charge in [0.1, 0.15) is 5.82 Å². The summed E-state index contributed by atoms with van der Waals surface area (Å²) in [5.41, 5.74) is 9.43. The Morgan fingerprint density at radius 1 is 0.467 bits per heavy atom. The van der Waals surface area contributed by atoms with E-state index in [1.54, 1.807) is 0 Å². The molecule has 0 fully saturated rings. The molecule has 0 radical (unpaired) electrons. The number of hydrogen-bond donors (Lipinski definition) is 0. The minimum atomic E-state index is 0.394. The van der Waals surface area contributed by atoms with Gasteiger partial charge < -0.3 is 0 Å². The van der Waals surface area contributed by atoms with E-state index in [1.807, 2.05) is 72.8 Å².